The van der Waals surface area contributed by atoms with Crippen molar-refractivity contribution >= 4 is 46.4 Å². The molecule has 0 unspecified atom stereocenters. The fourth-order valence-electron chi connectivity index (χ4n) is 5.69. The van der Waals surface area contributed by atoms with Crippen molar-refractivity contribution in [3.8, 4) is 22.6 Å². The van der Waals surface area contributed by atoms with Gasteiger partial charge in [0.05, 0.1) is 36.2 Å². The van der Waals surface area contributed by atoms with Crippen LogP contribution in [0.3, 0.4) is 0 Å². The van der Waals surface area contributed by atoms with Crippen molar-refractivity contribution in [3.63, 3.8) is 0 Å². The first-order chi connectivity index (χ1) is 24.4. The number of rotatable bonds is 6. The quantitative estimate of drug-likeness (QED) is 0.123. The number of fused-ring (bicyclic) bond motifs is 4. The third kappa shape index (κ3) is 7.07. The number of hydrogen-bond donors (Lipinski definition) is 0. The third-order valence-corrected chi connectivity index (χ3v) is 10.1. The van der Waals surface area contributed by atoms with Crippen LogP contribution in [0.25, 0.3) is 55.7 Å². The Morgan fingerprint density at radius 2 is 1.77 bits per heavy atom. The minimum absolute atomic E-state index is 0. The van der Waals surface area contributed by atoms with Crippen LogP contribution in [0.2, 0.25) is 19.6 Å². The van der Waals surface area contributed by atoms with E-state index < -0.39 is 21.3 Å². The van der Waals surface area contributed by atoms with E-state index in [1.807, 2.05) is 74.6 Å². The number of aryl methyl sites for hydroxylation is 2. The van der Waals surface area contributed by atoms with E-state index in [1.165, 1.54) is 6.20 Å². The Bertz CT molecular complexity index is 2400. The number of pyridine rings is 3. The fourth-order valence-corrected chi connectivity index (χ4v) is 7.10. The average molecular weight is 835 g/mol. The van der Waals surface area contributed by atoms with Gasteiger partial charge in [-0.15, -0.1) is 54.1 Å². The normalized spacial score (nSPS) is 13.8. The Morgan fingerprint density at radius 3 is 2.46 bits per heavy atom. The van der Waals surface area contributed by atoms with Crippen molar-refractivity contribution in [2.24, 2.45) is 13.0 Å². The number of furan rings is 1. The molecule has 2 aromatic carbocycles. The summed E-state index contributed by atoms with van der Waals surface area (Å²) in [6, 6.07) is 25.6. The summed E-state index contributed by atoms with van der Waals surface area (Å²) in [7, 11) is 0.114. The van der Waals surface area contributed by atoms with Gasteiger partial charge in [0.2, 0.25) is 5.71 Å². The van der Waals surface area contributed by atoms with Crippen molar-refractivity contribution in [2.75, 3.05) is 0 Å². The van der Waals surface area contributed by atoms with Crippen LogP contribution in [-0.4, -0.2) is 32.6 Å². The molecule has 8 heteroatoms. The second-order valence-corrected chi connectivity index (χ2v) is 18.4. The molecule has 48 heavy (non-hydrogen) atoms. The Hall–Kier alpha value is -3.97. The molecule has 5 heterocycles. The topological polar surface area (TPSA) is 69.6 Å². The van der Waals surface area contributed by atoms with E-state index in [2.05, 4.69) is 65.6 Å². The zero-order chi connectivity index (χ0) is 37.7. The second-order valence-electron chi connectivity index (χ2n) is 13.4. The standard InChI is InChI=1S/C22H19N4O.C18H24NSi.Ir/c1-12(2)17-9-8-15-14-6-5-7-16(20(14)27-22(15)25-17)21-24-18-10-11-23-13(3)19(18)26(21)4;1-14(2)11-16-12-17(15-9-7-6-8-10-15)19-13-18(16)20(3,4)5;/h5-6,8-12H,1-4H3;6-9,12-14H,11H2,1-5H3;/q2*-1;/i3D3;11D2;. The van der Waals surface area contributed by atoms with E-state index in [-0.39, 0.29) is 31.7 Å². The van der Waals surface area contributed by atoms with Crippen LogP contribution in [0.5, 0.6) is 0 Å². The Morgan fingerprint density at radius 1 is 0.958 bits per heavy atom. The van der Waals surface area contributed by atoms with Gasteiger partial charge in [0.15, 0.2) is 0 Å². The summed E-state index contributed by atoms with van der Waals surface area (Å²) >= 11 is 0. The number of hydrogen-bond acceptors (Lipinski definition) is 5. The molecule has 0 aliphatic heterocycles. The predicted octanol–water partition coefficient (Wildman–Crippen LogP) is 9.45. The summed E-state index contributed by atoms with van der Waals surface area (Å²) in [6.45, 7) is 12.4. The van der Waals surface area contributed by atoms with Gasteiger partial charge in [-0.05, 0) is 54.1 Å². The van der Waals surface area contributed by atoms with E-state index in [1.54, 1.807) is 17.7 Å². The number of nitrogens with zero attached hydrogens (tertiary/aromatic N) is 5. The van der Waals surface area contributed by atoms with Crippen molar-refractivity contribution in [1.82, 2.24) is 24.5 Å². The van der Waals surface area contributed by atoms with Crippen LogP contribution in [0, 0.1) is 24.9 Å². The first kappa shape index (κ1) is 29.0. The molecule has 0 spiro atoms. The molecule has 7 aromatic rings. The SMILES string of the molecule is [2H]C([2H])([2H])c1nccc2nc(-c3[c-]ccc4c3oc3nc(C(C)C)ccc34)n(C)c12.[2H]C([2H])(c1cc(-c2[c-]cccc2)ncc1[Si](C)(C)C)C(C)C.[Ir]. The molecular formula is C40H43IrN5OSi-2. The molecule has 0 N–H and O–H groups in total. The maximum absolute atomic E-state index is 8.55. The van der Waals surface area contributed by atoms with Crippen molar-refractivity contribution in [3.05, 3.63) is 102 Å². The van der Waals surface area contributed by atoms with Crippen LogP contribution in [0.15, 0.2) is 77.5 Å². The molecule has 5 aromatic heterocycles. The Balaban J connectivity index is 0.000000211. The maximum atomic E-state index is 8.55. The van der Waals surface area contributed by atoms with Crippen molar-refractivity contribution < 1.29 is 31.4 Å². The van der Waals surface area contributed by atoms with E-state index in [0.717, 1.165) is 38.5 Å². The Labute approximate surface area is 305 Å². The summed E-state index contributed by atoms with van der Waals surface area (Å²) in [6.07, 6.45) is 2.00. The number of aromatic nitrogens is 5. The molecule has 0 aliphatic rings. The van der Waals surface area contributed by atoms with Gasteiger partial charge < -0.3 is 14.0 Å². The summed E-state index contributed by atoms with van der Waals surface area (Å²) in [5.41, 5.74) is 6.39. The Kier molecular flexibility index (Phi) is 8.61. The van der Waals surface area contributed by atoms with Gasteiger partial charge >= 0.3 is 0 Å². The van der Waals surface area contributed by atoms with Crippen LogP contribution in [-0.2, 0) is 33.5 Å². The van der Waals surface area contributed by atoms with E-state index >= 15 is 0 Å². The molecule has 0 saturated heterocycles. The molecule has 0 atom stereocenters. The summed E-state index contributed by atoms with van der Waals surface area (Å²) in [5, 5.41) is 2.95. The van der Waals surface area contributed by atoms with E-state index in [9.17, 15) is 0 Å². The second kappa shape index (κ2) is 14.3. The third-order valence-electron chi connectivity index (χ3n) is 8.06. The zero-order valence-corrected chi connectivity index (χ0v) is 32.0. The molecule has 0 aliphatic carbocycles. The first-order valence-corrected chi connectivity index (χ1v) is 19.4. The van der Waals surface area contributed by atoms with Gasteiger partial charge in [0, 0.05) is 57.5 Å². The molecule has 6 nitrogen and oxygen atoms in total. The molecule has 249 valence electrons. The largest absolute Gasteiger partial charge is 0.486 e. The maximum Gasteiger partial charge on any atom is 0.216 e. The number of imidazole rings is 1. The van der Waals surface area contributed by atoms with E-state index in [0.29, 0.717) is 39.6 Å². The monoisotopic (exact) mass is 835 g/mol. The molecule has 0 saturated carbocycles. The molecule has 0 fully saturated rings. The fraction of sp³-hybridized carbons (Fsp3) is 0.300. The minimum atomic E-state index is -2.34. The van der Waals surface area contributed by atoms with Gasteiger partial charge in [0.25, 0.3) is 0 Å². The summed E-state index contributed by atoms with van der Waals surface area (Å²) in [5.74, 6) is 0.772. The van der Waals surface area contributed by atoms with Crippen LogP contribution >= 0.6 is 0 Å². The van der Waals surface area contributed by atoms with Crippen molar-refractivity contribution in [1.29, 1.82) is 0 Å². The minimum Gasteiger partial charge on any atom is -0.486 e. The van der Waals surface area contributed by atoms with Crippen LogP contribution < -0.4 is 5.19 Å². The van der Waals surface area contributed by atoms with Crippen molar-refractivity contribution in [2.45, 2.75) is 66.5 Å². The van der Waals surface area contributed by atoms with Gasteiger partial charge in [-0.1, -0.05) is 69.9 Å². The number of benzene rings is 2. The molecular weight excluding hydrogens is 787 g/mol. The van der Waals surface area contributed by atoms with E-state index in [4.69, 9.17) is 11.3 Å². The van der Waals surface area contributed by atoms with Gasteiger partial charge in [-0.2, -0.15) is 0 Å². The van der Waals surface area contributed by atoms with Crippen LogP contribution in [0.1, 0.15) is 57.4 Å². The average Bonchev–Trinajstić information content (AvgIpc) is 3.64. The molecule has 0 bridgehead atoms. The first-order valence-electron chi connectivity index (χ1n) is 18.4. The van der Waals surface area contributed by atoms with Gasteiger partial charge in [-0.3, -0.25) is 9.97 Å². The molecule has 1 radical (unpaired) electrons. The smallest absolute Gasteiger partial charge is 0.216 e. The predicted molar refractivity (Wildman–Crippen MR) is 197 cm³/mol. The summed E-state index contributed by atoms with van der Waals surface area (Å²) in [4.78, 5) is 18.0. The summed E-state index contributed by atoms with van der Waals surface area (Å²) < 4.78 is 48.5. The van der Waals surface area contributed by atoms with Crippen LogP contribution in [0.4, 0.5) is 0 Å². The molecule has 7 rings (SSSR count). The van der Waals surface area contributed by atoms with Gasteiger partial charge in [0.1, 0.15) is 0 Å². The molecule has 0 amide bonds. The van der Waals surface area contributed by atoms with Gasteiger partial charge in [-0.25, -0.2) is 4.98 Å². The zero-order valence-electron chi connectivity index (χ0n) is 33.6.